The van der Waals surface area contributed by atoms with Gasteiger partial charge in [0.15, 0.2) is 0 Å². The van der Waals surface area contributed by atoms with Gasteiger partial charge in [0.25, 0.3) is 0 Å². The zero-order valence-corrected chi connectivity index (χ0v) is 10.5. The molecule has 0 radical (unpaired) electrons. The standard InChI is InChI=1S/C14H27NO/c1-2-3-4-5-6-10-15-11-7-8-14(13-15)9-12-16/h2,14,16H,1,3-13H2. The van der Waals surface area contributed by atoms with Gasteiger partial charge in [-0.3, -0.25) is 0 Å². The molecular formula is C14H27NO. The van der Waals surface area contributed by atoms with Crippen molar-refractivity contribution >= 4 is 0 Å². The Labute approximate surface area is 100 Å². The Morgan fingerprint density at radius 2 is 2.19 bits per heavy atom. The molecule has 1 aliphatic heterocycles. The molecule has 1 atom stereocenters. The first-order valence-electron chi connectivity index (χ1n) is 6.81. The van der Waals surface area contributed by atoms with Crippen molar-refractivity contribution in [3.63, 3.8) is 0 Å². The first-order chi connectivity index (χ1) is 7.86. The number of unbranched alkanes of at least 4 members (excludes halogenated alkanes) is 3. The van der Waals surface area contributed by atoms with E-state index in [0.29, 0.717) is 6.61 Å². The first kappa shape index (κ1) is 13.7. The van der Waals surface area contributed by atoms with E-state index in [0.717, 1.165) is 18.8 Å². The molecule has 0 bridgehead atoms. The normalized spacial score (nSPS) is 22.2. The molecule has 16 heavy (non-hydrogen) atoms. The van der Waals surface area contributed by atoms with Crippen molar-refractivity contribution < 1.29 is 5.11 Å². The second-order valence-corrected chi connectivity index (χ2v) is 4.96. The van der Waals surface area contributed by atoms with Crippen LogP contribution in [0.2, 0.25) is 0 Å². The molecule has 94 valence electrons. The van der Waals surface area contributed by atoms with Crippen molar-refractivity contribution in [1.29, 1.82) is 0 Å². The molecule has 1 aliphatic rings. The summed E-state index contributed by atoms with van der Waals surface area (Å²) in [5.41, 5.74) is 0. The molecule has 1 N–H and O–H groups in total. The van der Waals surface area contributed by atoms with Crippen LogP contribution in [0.5, 0.6) is 0 Å². The lowest BCUT2D eigenvalue weighted by atomic mass is 9.95. The minimum atomic E-state index is 0.359. The molecule has 1 heterocycles. The van der Waals surface area contributed by atoms with Crippen LogP contribution in [0.25, 0.3) is 0 Å². The van der Waals surface area contributed by atoms with Gasteiger partial charge < -0.3 is 10.0 Å². The van der Waals surface area contributed by atoms with Gasteiger partial charge >= 0.3 is 0 Å². The van der Waals surface area contributed by atoms with Crippen LogP contribution < -0.4 is 0 Å². The van der Waals surface area contributed by atoms with Crippen LogP contribution in [0, 0.1) is 5.92 Å². The lowest BCUT2D eigenvalue weighted by Crippen LogP contribution is -2.36. The van der Waals surface area contributed by atoms with Crippen LogP contribution >= 0.6 is 0 Å². The Morgan fingerprint density at radius 1 is 1.31 bits per heavy atom. The molecule has 2 heteroatoms. The first-order valence-corrected chi connectivity index (χ1v) is 6.81. The van der Waals surface area contributed by atoms with Gasteiger partial charge in [-0.15, -0.1) is 6.58 Å². The molecule has 0 spiro atoms. The van der Waals surface area contributed by atoms with Crippen molar-refractivity contribution in [2.45, 2.75) is 44.9 Å². The second-order valence-electron chi connectivity index (χ2n) is 4.96. The zero-order valence-electron chi connectivity index (χ0n) is 10.5. The molecule has 0 aromatic heterocycles. The molecule has 0 aromatic rings. The third-order valence-electron chi connectivity index (χ3n) is 3.52. The quantitative estimate of drug-likeness (QED) is 0.507. The van der Waals surface area contributed by atoms with Crippen LogP contribution in [-0.4, -0.2) is 36.2 Å². The Kier molecular flexibility index (Phi) is 7.52. The SMILES string of the molecule is C=CCCCCCN1CCCC(CCO)C1. The largest absolute Gasteiger partial charge is 0.396 e. The predicted molar refractivity (Wildman–Crippen MR) is 69.5 cm³/mol. The highest BCUT2D eigenvalue weighted by Gasteiger charge is 2.18. The van der Waals surface area contributed by atoms with Crippen molar-refractivity contribution in [2.24, 2.45) is 5.92 Å². The predicted octanol–water partition coefficient (Wildman–Crippen LogP) is 2.83. The van der Waals surface area contributed by atoms with Gasteiger partial charge in [-0.05, 0) is 57.5 Å². The maximum atomic E-state index is 8.95. The number of piperidine rings is 1. The third-order valence-corrected chi connectivity index (χ3v) is 3.52. The summed E-state index contributed by atoms with van der Waals surface area (Å²) in [6.45, 7) is 7.83. The molecule has 0 saturated carbocycles. The van der Waals surface area contributed by atoms with Gasteiger partial charge in [-0.25, -0.2) is 0 Å². The molecule has 0 aliphatic carbocycles. The zero-order chi connectivity index (χ0) is 11.6. The number of aliphatic hydroxyl groups is 1. The van der Waals surface area contributed by atoms with Crippen LogP contribution in [0.15, 0.2) is 12.7 Å². The summed E-state index contributed by atoms with van der Waals surface area (Å²) in [4.78, 5) is 2.58. The Hall–Kier alpha value is -0.340. The highest BCUT2D eigenvalue weighted by atomic mass is 16.3. The lowest BCUT2D eigenvalue weighted by molar-refractivity contribution is 0.146. The van der Waals surface area contributed by atoms with E-state index in [9.17, 15) is 0 Å². The van der Waals surface area contributed by atoms with Gasteiger partial charge in [0, 0.05) is 13.2 Å². The smallest absolute Gasteiger partial charge is 0.0434 e. The average Bonchev–Trinajstić information content (AvgIpc) is 2.30. The van der Waals surface area contributed by atoms with E-state index in [1.165, 1.54) is 51.7 Å². The van der Waals surface area contributed by atoms with Crippen LogP contribution in [0.4, 0.5) is 0 Å². The number of hydrogen-bond donors (Lipinski definition) is 1. The number of likely N-dealkylation sites (tertiary alicyclic amines) is 1. The van der Waals surface area contributed by atoms with E-state index < -0.39 is 0 Å². The fraction of sp³-hybridized carbons (Fsp3) is 0.857. The molecule has 1 saturated heterocycles. The number of hydrogen-bond acceptors (Lipinski definition) is 2. The highest BCUT2D eigenvalue weighted by Crippen LogP contribution is 2.19. The molecular weight excluding hydrogens is 198 g/mol. The monoisotopic (exact) mass is 225 g/mol. The van der Waals surface area contributed by atoms with Gasteiger partial charge in [0.05, 0.1) is 0 Å². The van der Waals surface area contributed by atoms with Crippen LogP contribution in [-0.2, 0) is 0 Å². The van der Waals surface area contributed by atoms with E-state index in [1.807, 2.05) is 6.08 Å². The van der Waals surface area contributed by atoms with Gasteiger partial charge in [0.2, 0.25) is 0 Å². The van der Waals surface area contributed by atoms with E-state index in [4.69, 9.17) is 5.11 Å². The number of allylic oxidation sites excluding steroid dienone is 1. The van der Waals surface area contributed by atoms with Gasteiger partial charge in [-0.1, -0.05) is 12.5 Å². The third kappa shape index (κ3) is 5.66. The second kappa shape index (κ2) is 8.77. The topological polar surface area (TPSA) is 23.5 Å². The van der Waals surface area contributed by atoms with Crippen molar-refractivity contribution in [2.75, 3.05) is 26.2 Å². The van der Waals surface area contributed by atoms with Crippen LogP contribution in [0.1, 0.15) is 44.9 Å². The Balaban J connectivity index is 2.04. The number of nitrogens with zero attached hydrogens (tertiary/aromatic N) is 1. The summed E-state index contributed by atoms with van der Waals surface area (Å²) >= 11 is 0. The summed E-state index contributed by atoms with van der Waals surface area (Å²) in [6.07, 6.45) is 10.7. The molecule has 1 rings (SSSR count). The maximum absolute atomic E-state index is 8.95. The lowest BCUT2D eigenvalue weighted by Gasteiger charge is -2.32. The molecule has 2 nitrogen and oxygen atoms in total. The van der Waals surface area contributed by atoms with Gasteiger partial charge in [0.1, 0.15) is 0 Å². The fourth-order valence-electron chi connectivity index (χ4n) is 2.57. The summed E-state index contributed by atoms with van der Waals surface area (Å²) in [6, 6.07) is 0. The van der Waals surface area contributed by atoms with Crippen LogP contribution in [0.3, 0.4) is 0 Å². The molecule has 1 unspecified atom stereocenters. The van der Waals surface area contributed by atoms with Crippen molar-refractivity contribution in [1.82, 2.24) is 4.90 Å². The number of rotatable bonds is 8. The molecule has 0 amide bonds. The molecule has 0 aromatic carbocycles. The summed E-state index contributed by atoms with van der Waals surface area (Å²) in [7, 11) is 0. The fourth-order valence-corrected chi connectivity index (χ4v) is 2.57. The van der Waals surface area contributed by atoms with E-state index in [1.54, 1.807) is 0 Å². The van der Waals surface area contributed by atoms with Crippen molar-refractivity contribution in [3.05, 3.63) is 12.7 Å². The van der Waals surface area contributed by atoms with E-state index in [-0.39, 0.29) is 0 Å². The Bertz CT molecular complexity index is 180. The summed E-state index contributed by atoms with van der Waals surface area (Å²) in [5, 5.41) is 8.95. The van der Waals surface area contributed by atoms with E-state index in [2.05, 4.69) is 11.5 Å². The molecule has 1 fully saturated rings. The summed E-state index contributed by atoms with van der Waals surface area (Å²) < 4.78 is 0. The van der Waals surface area contributed by atoms with E-state index >= 15 is 0 Å². The van der Waals surface area contributed by atoms with Crippen molar-refractivity contribution in [3.8, 4) is 0 Å². The maximum Gasteiger partial charge on any atom is 0.0434 e. The minimum absolute atomic E-state index is 0.359. The Morgan fingerprint density at radius 3 is 2.94 bits per heavy atom. The van der Waals surface area contributed by atoms with Gasteiger partial charge in [-0.2, -0.15) is 0 Å². The highest BCUT2D eigenvalue weighted by molar-refractivity contribution is 4.73. The summed E-state index contributed by atoms with van der Waals surface area (Å²) in [5.74, 6) is 0.743. The number of aliphatic hydroxyl groups excluding tert-OH is 1. The average molecular weight is 225 g/mol. The minimum Gasteiger partial charge on any atom is -0.396 e.